The lowest BCUT2D eigenvalue weighted by atomic mass is 10.2. The molecule has 3 heterocycles. The summed E-state index contributed by atoms with van der Waals surface area (Å²) in [6.45, 7) is 0. The maximum absolute atomic E-state index is 13.2. The van der Waals surface area contributed by atoms with E-state index in [1.807, 2.05) is 0 Å². The molecule has 0 radical (unpaired) electrons. The molecular formula is C23H14N4O7S. The van der Waals surface area contributed by atoms with Gasteiger partial charge >= 0.3 is 11.8 Å². The fourth-order valence-corrected chi connectivity index (χ4v) is 4.20. The van der Waals surface area contributed by atoms with E-state index in [-0.39, 0.29) is 21.9 Å². The van der Waals surface area contributed by atoms with Gasteiger partial charge in [0, 0.05) is 0 Å². The van der Waals surface area contributed by atoms with E-state index in [1.54, 1.807) is 42.5 Å². The van der Waals surface area contributed by atoms with Crippen molar-refractivity contribution in [1.29, 1.82) is 0 Å². The van der Waals surface area contributed by atoms with Crippen LogP contribution in [0.15, 0.2) is 79.6 Å². The number of fused-ring (bicyclic) bond motifs is 2. The van der Waals surface area contributed by atoms with Gasteiger partial charge in [-0.3, -0.25) is 19.7 Å². The average molecular weight is 490 g/mol. The molecule has 0 aliphatic rings. The Kier molecular flexibility index (Phi) is 5.55. The second-order valence-corrected chi connectivity index (χ2v) is 8.11. The smallest absolute Gasteiger partial charge is 0.433 e. The molecule has 5 aromatic rings. The summed E-state index contributed by atoms with van der Waals surface area (Å²) in [4.78, 5) is 40.8. The summed E-state index contributed by atoms with van der Waals surface area (Å²) in [6, 6.07) is 14.1. The van der Waals surface area contributed by atoms with Crippen LogP contribution >= 0.6 is 11.3 Å². The minimum atomic E-state index is -0.814. The van der Waals surface area contributed by atoms with E-state index < -0.39 is 16.7 Å². The molecule has 0 spiro atoms. The molecule has 2 aromatic carbocycles. The normalized spacial score (nSPS) is 11.3. The molecule has 0 bridgehead atoms. The number of ether oxygens (including phenoxy) is 1. The molecule has 5 rings (SSSR count). The van der Waals surface area contributed by atoms with Crippen LogP contribution in [0.25, 0.3) is 21.2 Å². The number of nitro groups is 1. The van der Waals surface area contributed by atoms with Gasteiger partial charge < -0.3 is 13.6 Å². The number of carbonyl (C=O) groups is 1. The van der Waals surface area contributed by atoms with Crippen molar-refractivity contribution < 1.29 is 23.3 Å². The molecule has 174 valence electrons. The van der Waals surface area contributed by atoms with Crippen LogP contribution in [-0.4, -0.2) is 29.1 Å². The number of nitrogens with zero attached hydrogens (tertiary/aromatic N) is 4. The number of amides is 1. The molecule has 11 nitrogen and oxygen atoms in total. The third-order valence-corrected chi connectivity index (χ3v) is 5.95. The fourth-order valence-electron chi connectivity index (χ4n) is 3.25. The summed E-state index contributed by atoms with van der Waals surface area (Å²) in [6.07, 6.45) is 2.40. The Morgan fingerprint density at radius 1 is 1.23 bits per heavy atom. The molecule has 0 aliphatic heterocycles. The van der Waals surface area contributed by atoms with Crippen molar-refractivity contribution in [2.75, 3.05) is 12.1 Å². The number of para-hydroxylation sites is 1. The zero-order chi connectivity index (χ0) is 24.5. The predicted molar refractivity (Wildman–Crippen MR) is 128 cm³/mol. The van der Waals surface area contributed by atoms with Crippen LogP contribution in [0, 0.1) is 10.1 Å². The van der Waals surface area contributed by atoms with Crippen LogP contribution in [0.4, 0.5) is 11.0 Å². The number of hydrogen-bond donors (Lipinski definition) is 0. The van der Waals surface area contributed by atoms with Gasteiger partial charge in [0.2, 0.25) is 16.3 Å². The van der Waals surface area contributed by atoms with E-state index in [9.17, 15) is 19.7 Å². The standard InChI is InChI=1S/C23H14N4O7S/c1-32-14-6-7-16-19(10-14)35-23(25-16)26(22(29)18-8-9-20(34-18)27(30)31)24-11-13-12-33-17-5-3-2-4-15(17)21(13)28/h2-12H,1H3/b24-11+. The molecule has 0 aliphatic carbocycles. The lowest BCUT2D eigenvalue weighted by molar-refractivity contribution is -0.402. The van der Waals surface area contributed by atoms with Gasteiger partial charge in [-0.1, -0.05) is 23.5 Å². The number of carbonyl (C=O) groups excluding carboxylic acids is 1. The summed E-state index contributed by atoms with van der Waals surface area (Å²) in [5.41, 5.74) is 0.736. The number of anilines is 1. The van der Waals surface area contributed by atoms with E-state index in [0.717, 1.165) is 22.4 Å². The van der Waals surface area contributed by atoms with Crippen LogP contribution in [0.1, 0.15) is 16.1 Å². The van der Waals surface area contributed by atoms with Crippen molar-refractivity contribution in [3.8, 4) is 5.75 Å². The van der Waals surface area contributed by atoms with Crippen LogP contribution in [0.5, 0.6) is 5.75 Å². The third-order valence-electron chi connectivity index (χ3n) is 4.96. The zero-order valence-electron chi connectivity index (χ0n) is 17.9. The Morgan fingerprint density at radius 3 is 2.83 bits per heavy atom. The van der Waals surface area contributed by atoms with Crippen molar-refractivity contribution in [3.63, 3.8) is 0 Å². The van der Waals surface area contributed by atoms with Crippen LogP contribution < -0.4 is 15.2 Å². The van der Waals surface area contributed by atoms with E-state index in [2.05, 4.69) is 10.1 Å². The molecule has 0 unspecified atom stereocenters. The molecule has 35 heavy (non-hydrogen) atoms. The highest BCUT2D eigenvalue weighted by Gasteiger charge is 2.26. The second kappa shape index (κ2) is 8.83. The van der Waals surface area contributed by atoms with Gasteiger partial charge in [-0.05, 0) is 36.4 Å². The van der Waals surface area contributed by atoms with Gasteiger partial charge in [0.05, 0.1) is 40.6 Å². The van der Waals surface area contributed by atoms with Gasteiger partial charge in [0.25, 0.3) is 0 Å². The SMILES string of the molecule is COc1ccc2nc(N(/N=C/c3coc4ccccc4c3=O)C(=O)c3ccc([N+](=O)[O-])o3)sc2c1. The molecule has 1 amide bonds. The molecule has 12 heteroatoms. The summed E-state index contributed by atoms with van der Waals surface area (Å²) in [5, 5.41) is 16.6. The summed E-state index contributed by atoms with van der Waals surface area (Å²) < 4.78 is 16.5. The van der Waals surface area contributed by atoms with Crippen molar-refractivity contribution in [1.82, 2.24) is 4.98 Å². The number of thiazole rings is 1. The molecule has 3 aromatic heterocycles. The van der Waals surface area contributed by atoms with Crippen molar-refractivity contribution >= 4 is 55.7 Å². The predicted octanol–water partition coefficient (Wildman–Crippen LogP) is 4.59. The Bertz CT molecular complexity index is 1680. The minimum absolute atomic E-state index is 0.0923. The first-order valence-corrected chi connectivity index (χ1v) is 10.8. The van der Waals surface area contributed by atoms with Crippen molar-refractivity contribution in [2.24, 2.45) is 5.10 Å². The first kappa shape index (κ1) is 22.0. The van der Waals surface area contributed by atoms with Crippen LogP contribution in [0.3, 0.4) is 0 Å². The third kappa shape index (κ3) is 4.13. The number of benzene rings is 2. The first-order valence-electron chi connectivity index (χ1n) is 10.0. The maximum Gasteiger partial charge on any atom is 0.433 e. The second-order valence-electron chi connectivity index (χ2n) is 7.10. The minimum Gasteiger partial charge on any atom is -0.497 e. The maximum atomic E-state index is 13.2. The van der Waals surface area contributed by atoms with E-state index in [1.165, 1.54) is 25.7 Å². The Labute approximate surface area is 199 Å². The largest absolute Gasteiger partial charge is 0.497 e. The number of hydrogen-bond acceptors (Lipinski definition) is 10. The molecule has 0 atom stereocenters. The van der Waals surface area contributed by atoms with Crippen LogP contribution in [0.2, 0.25) is 0 Å². The molecule has 0 N–H and O–H groups in total. The Balaban J connectivity index is 1.59. The Morgan fingerprint density at radius 2 is 2.06 bits per heavy atom. The van der Waals surface area contributed by atoms with Crippen molar-refractivity contribution in [2.45, 2.75) is 0 Å². The summed E-state index contributed by atoms with van der Waals surface area (Å²) in [7, 11) is 1.53. The summed E-state index contributed by atoms with van der Waals surface area (Å²) >= 11 is 1.14. The number of aromatic nitrogens is 1. The van der Waals surface area contributed by atoms with E-state index >= 15 is 0 Å². The van der Waals surface area contributed by atoms with Gasteiger partial charge in [0.15, 0.2) is 0 Å². The quantitative estimate of drug-likeness (QED) is 0.191. The van der Waals surface area contributed by atoms with Gasteiger partial charge in [-0.2, -0.15) is 10.1 Å². The van der Waals surface area contributed by atoms with E-state index in [4.69, 9.17) is 13.6 Å². The zero-order valence-corrected chi connectivity index (χ0v) is 18.7. The Hall–Kier alpha value is -4.84. The molecule has 0 saturated carbocycles. The number of hydrazone groups is 1. The number of furan rings is 1. The monoisotopic (exact) mass is 490 g/mol. The van der Waals surface area contributed by atoms with Gasteiger partial charge in [-0.25, -0.2) is 4.98 Å². The highest BCUT2D eigenvalue weighted by Crippen LogP contribution is 2.33. The van der Waals surface area contributed by atoms with E-state index in [0.29, 0.717) is 26.9 Å². The van der Waals surface area contributed by atoms with Crippen molar-refractivity contribution in [3.05, 3.63) is 92.5 Å². The molecule has 0 saturated heterocycles. The first-order chi connectivity index (χ1) is 16.9. The fraction of sp³-hybridized carbons (Fsp3) is 0.0435. The topological polar surface area (TPSA) is 141 Å². The summed E-state index contributed by atoms with van der Waals surface area (Å²) in [5.74, 6) is -1.13. The average Bonchev–Trinajstić information content (AvgIpc) is 3.52. The highest BCUT2D eigenvalue weighted by molar-refractivity contribution is 7.22. The molecule has 0 fully saturated rings. The number of methoxy groups -OCH3 is 1. The van der Waals surface area contributed by atoms with Crippen LogP contribution in [-0.2, 0) is 0 Å². The molecular weight excluding hydrogens is 476 g/mol. The van der Waals surface area contributed by atoms with Gasteiger partial charge in [-0.15, -0.1) is 0 Å². The highest BCUT2D eigenvalue weighted by atomic mass is 32.1. The number of rotatable bonds is 6. The lowest BCUT2D eigenvalue weighted by Gasteiger charge is -2.11. The lowest BCUT2D eigenvalue weighted by Crippen LogP contribution is -2.25. The van der Waals surface area contributed by atoms with Gasteiger partial charge in [0.1, 0.15) is 22.5 Å².